The van der Waals surface area contributed by atoms with Gasteiger partial charge in [0.2, 0.25) is 5.82 Å². The molecular formula is C20H20N2O4S. The molecule has 4 rings (SSSR count). The highest BCUT2D eigenvalue weighted by atomic mass is 32.1. The van der Waals surface area contributed by atoms with Crippen LogP contribution in [-0.2, 0) is 24.2 Å². The standard InChI is InChI=1S/C20H20N2O4S/c1-12-7-8-16-13(9-12)10-17(27-16)20(23)25-11-18-21-19(22-26-18)14-5-3-4-6-15(14)24-2/h3-6,10,12H,7-9,11H2,1-2H3. The van der Waals surface area contributed by atoms with Gasteiger partial charge in [0.25, 0.3) is 5.89 Å². The number of para-hydroxylation sites is 1. The van der Waals surface area contributed by atoms with E-state index in [1.165, 1.54) is 28.2 Å². The number of methoxy groups -OCH3 is 1. The average molecular weight is 384 g/mol. The number of aryl methyl sites for hydroxylation is 1. The largest absolute Gasteiger partial charge is 0.496 e. The molecule has 1 atom stereocenters. The van der Waals surface area contributed by atoms with Gasteiger partial charge >= 0.3 is 5.97 Å². The molecule has 0 radical (unpaired) electrons. The van der Waals surface area contributed by atoms with Crippen molar-refractivity contribution >= 4 is 17.3 Å². The Bertz CT molecular complexity index is 963. The number of carbonyl (C=O) groups is 1. The summed E-state index contributed by atoms with van der Waals surface area (Å²) in [6.07, 6.45) is 3.25. The van der Waals surface area contributed by atoms with Gasteiger partial charge in [0.05, 0.1) is 12.7 Å². The Hall–Kier alpha value is -2.67. The maximum absolute atomic E-state index is 12.4. The molecule has 1 unspecified atom stereocenters. The average Bonchev–Trinajstić information content (AvgIpc) is 3.32. The highest BCUT2D eigenvalue weighted by Crippen LogP contribution is 2.32. The molecule has 0 saturated carbocycles. The van der Waals surface area contributed by atoms with Crippen molar-refractivity contribution in [3.8, 4) is 17.1 Å². The molecule has 140 valence electrons. The number of hydrogen-bond donors (Lipinski definition) is 0. The minimum absolute atomic E-state index is 0.0556. The monoisotopic (exact) mass is 384 g/mol. The summed E-state index contributed by atoms with van der Waals surface area (Å²) in [5.74, 6) is 1.63. The van der Waals surface area contributed by atoms with Gasteiger partial charge in [-0.3, -0.25) is 0 Å². The van der Waals surface area contributed by atoms with Gasteiger partial charge in [-0.1, -0.05) is 24.2 Å². The van der Waals surface area contributed by atoms with E-state index in [0.717, 1.165) is 18.4 Å². The summed E-state index contributed by atoms with van der Waals surface area (Å²) >= 11 is 1.53. The third-order valence-corrected chi connectivity index (χ3v) is 5.89. The maximum Gasteiger partial charge on any atom is 0.348 e. The van der Waals surface area contributed by atoms with Crippen molar-refractivity contribution in [2.75, 3.05) is 7.11 Å². The molecule has 27 heavy (non-hydrogen) atoms. The van der Waals surface area contributed by atoms with Crippen LogP contribution in [0.15, 0.2) is 34.9 Å². The predicted molar refractivity (Wildman–Crippen MR) is 101 cm³/mol. The first-order chi connectivity index (χ1) is 13.1. The maximum atomic E-state index is 12.4. The van der Waals surface area contributed by atoms with Crippen LogP contribution in [0.4, 0.5) is 0 Å². The molecule has 0 amide bonds. The van der Waals surface area contributed by atoms with Gasteiger partial charge < -0.3 is 14.0 Å². The Morgan fingerprint density at radius 3 is 3.07 bits per heavy atom. The zero-order valence-electron chi connectivity index (χ0n) is 15.2. The Morgan fingerprint density at radius 2 is 2.22 bits per heavy atom. The van der Waals surface area contributed by atoms with Gasteiger partial charge in [-0.05, 0) is 48.9 Å². The number of benzene rings is 1. The van der Waals surface area contributed by atoms with Gasteiger partial charge in [-0.15, -0.1) is 11.3 Å². The Balaban J connectivity index is 1.42. The van der Waals surface area contributed by atoms with Crippen LogP contribution >= 0.6 is 11.3 Å². The lowest BCUT2D eigenvalue weighted by Gasteiger charge is -2.16. The number of rotatable bonds is 5. The number of carbonyl (C=O) groups excluding carboxylic acids is 1. The predicted octanol–water partition coefficient (Wildman–Crippen LogP) is 4.29. The molecule has 2 heterocycles. The molecule has 0 fully saturated rings. The van der Waals surface area contributed by atoms with E-state index in [1.807, 2.05) is 30.3 Å². The number of ether oxygens (including phenoxy) is 2. The van der Waals surface area contributed by atoms with Gasteiger partial charge in [0.1, 0.15) is 10.6 Å². The molecule has 0 bridgehead atoms. The molecule has 2 aromatic heterocycles. The highest BCUT2D eigenvalue weighted by molar-refractivity contribution is 7.14. The Labute approximate surface area is 161 Å². The second-order valence-electron chi connectivity index (χ2n) is 6.70. The van der Waals surface area contributed by atoms with Crippen LogP contribution in [-0.4, -0.2) is 23.2 Å². The summed E-state index contributed by atoms with van der Waals surface area (Å²) in [5.41, 5.74) is 2.00. The topological polar surface area (TPSA) is 74.5 Å². The second-order valence-corrected chi connectivity index (χ2v) is 7.83. The summed E-state index contributed by atoms with van der Waals surface area (Å²) < 4.78 is 15.9. The van der Waals surface area contributed by atoms with E-state index in [-0.39, 0.29) is 18.5 Å². The molecular weight excluding hydrogens is 364 g/mol. The Kier molecular flexibility index (Phi) is 4.94. The van der Waals surface area contributed by atoms with Crippen molar-refractivity contribution in [3.63, 3.8) is 0 Å². The molecule has 0 spiro atoms. The second kappa shape index (κ2) is 7.52. The molecule has 6 nitrogen and oxygen atoms in total. The van der Waals surface area contributed by atoms with Gasteiger partial charge in [0.15, 0.2) is 6.61 Å². The molecule has 1 aromatic carbocycles. The molecule has 3 aromatic rings. The summed E-state index contributed by atoms with van der Waals surface area (Å²) in [6.45, 7) is 2.19. The van der Waals surface area contributed by atoms with Crippen LogP contribution in [0.3, 0.4) is 0 Å². The van der Waals surface area contributed by atoms with Crippen molar-refractivity contribution in [3.05, 3.63) is 51.5 Å². The van der Waals surface area contributed by atoms with Crippen molar-refractivity contribution in [1.29, 1.82) is 0 Å². The first kappa shape index (κ1) is 17.7. The van der Waals surface area contributed by atoms with Crippen LogP contribution in [0.2, 0.25) is 0 Å². The van der Waals surface area contributed by atoms with Crippen LogP contribution in [0, 0.1) is 5.92 Å². The van der Waals surface area contributed by atoms with E-state index >= 15 is 0 Å². The zero-order valence-corrected chi connectivity index (χ0v) is 16.0. The third-order valence-electron chi connectivity index (χ3n) is 4.67. The van der Waals surface area contributed by atoms with E-state index in [2.05, 4.69) is 17.1 Å². The van der Waals surface area contributed by atoms with E-state index in [9.17, 15) is 4.79 Å². The van der Waals surface area contributed by atoms with E-state index < -0.39 is 0 Å². The summed E-state index contributed by atoms with van der Waals surface area (Å²) in [4.78, 5) is 18.6. The van der Waals surface area contributed by atoms with E-state index in [4.69, 9.17) is 14.0 Å². The smallest absolute Gasteiger partial charge is 0.348 e. The summed E-state index contributed by atoms with van der Waals surface area (Å²) in [5, 5.41) is 3.95. The SMILES string of the molecule is COc1ccccc1-c1noc(COC(=O)c2cc3c(s2)CCC(C)C3)n1. The van der Waals surface area contributed by atoms with Crippen LogP contribution in [0.1, 0.15) is 39.3 Å². The lowest BCUT2D eigenvalue weighted by molar-refractivity contribution is 0.0435. The molecule has 0 N–H and O–H groups in total. The van der Waals surface area contributed by atoms with Gasteiger partial charge in [-0.25, -0.2) is 4.79 Å². The van der Waals surface area contributed by atoms with Gasteiger partial charge in [0, 0.05) is 4.88 Å². The lowest BCUT2D eigenvalue weighted by Crippen LogP contribution is -2.08. The number of aromatic nitrogens is 2. The Morgan fingerprint density at radius 1 is 1.37 bits per heavy atom. The highest BCUT2D eigenvalue weighted by Gasteiger charge is 2.22. The first-order valence-electron chi connectivity index (χ1n) is 8.88. The van der Waals surface area contributed by atoms with Gasteiger partial charge in [-0.2, -0.15) is 4.98 Å². The summed E-state index contributed by atoms with van der Waals surface area (Å²) in [7, 11) is 1.59. The van der Waals surface area contributed by atoms with E-state index in [1.54, 1.807) is 7.11 Å². The zero-order chi connectivity index (χ0) is 18.8. The van der Waals surface area contributed by atoms with E-state index in [0.29, 0.717) is 22.4 Å². The van der Waals surface area contributed by atoms with Crippen LogP contribution in [0.25, 0.3) is 11.4 Å². The minimum atomic E-state index is -0.348. The fourth-order valence-corrected chi connectivity index (χ4v) is 4.36. The van der Waals surface area contributed by atoms with Crippen LogP contribution < -0.4 is 4.74 Å². The summed E-state index contributed by atoms with van der Waals surface area (Å²) in [6, 6.07) is 9.37. The normalized spacial score (nSPS) is 16.0. The molecule has 0 aliphatic heterocycles. The molecule has 1 aliphatic rings. The minimum Gasteiger partial charge on any atom is -0.496 e. The number of nitrogens with zero attached hydrogens (tertiary/aromatic N) is 2. The van der Waals surface area contributed by atoms with Crippen molar-refractivity contribution in [1.82, 2.24) is 10.1 Å². The number of thiophene rings is 1. The fraction of sp³-hybridized carbons (Fsp3) is 0.350. The van der Waals surface area contributed by atoms with Crippen LogP contribution in [0.5, 0.6) is 5.75 Å². The van der Waals surface area contributed by atoms with Crippen molar-refractivity contribution < 1.29 is 18.8 Å². The first-order valence-corrected chi connectivity index (χ1v) is 9.70. The number of esters is 1. The third kappa shape index (κ3) is 3.73. The quantitative estimate of drug-likeness (QED) is 0.611. The molecule has 1 aliphatic carbocycles. The number of hydrogen-bond acceptors (Lipinski definition) is 7. The van der Waals surface area contributed by atoms with Crippen molar-refractivity contribution in [2.45, 2.75) is 32.8 Å². The van der Waals surface area contributed by atoms with Crippen molar-refractivity contribution in [2.24, 2.45) is 5.92 Å². The molecule has 0 saturated heterocycles. The lowest BCUT2D eigenvalue weighted by atomic mass is 9.90. The molecule has 7 heteroatoms. The fourth-order valence-electron chi connectivity index (χ4n) is 3.26. The number of fused-ring (bicyclic) bond motifs is 1.